The summed E-state index contributed by atoms with van der Waals surface area (Å²) in [4.78, 5) is 2.23. The molecule has 0 amide bonds. The van der Waals surface area contributed by atoms with Crippen molar-refractivity contribution in [3.8, 4) is 0 Å². The van der Waals surface area contributed by atoms with Crippen molar-refractivity contribution in [3.05, 3.63) is 99.0 Å². The molecule has 130 valence electrons. The van der Waals surface area contributed by atoms with Gasteiger partial charge in [0.15, 0.2) is 0 Å². The molecule has 0 bridgehead atoms. The van der Waals surface area contributed by atoms with E-state index in [2.05, 4.69) is 10.2 Å². The predicted octanol–water partition coefficient (Wildman–Crippen LogP) is 6.54. The molecule has 0 unspecified atom stereocenters. The number of hydrogen-bond donors (Lipinski definition) is 1. The Balaban J connectivity index is 1.86. The second-order valence-electron chi connectivity index (χ2n) is 5.98. The van der Waals surface area contributed by atoms with Crippen molar-refractivity contribution >= 4 is 51.9 Å². The van der Waals surface area contributed by atoms with Gasteiger partial charge in [-0.1, -0.05) is 59.1 Å². The highest BCUT2D eigenvalue weighted by Crippen LogP contribution is 2.36. The molecule has 1 N–H and O–H groups in total. The first-order valence-electron chi connectivity index (χ1n) is 8.15. The van der Waals surface area contributed by atoms with Crippen molar-refractivity contribution < 1.29 is 0 Å². The molecule has 4 rings (SSSR count). The molecule has 3 aromatic carbocycles. The van der Waals surface area contributed by atoms with Gasteiger partial charge in [-0.3, -0.25) is 0 Å². The van der Waals surface area contributed by atoms with E-state index in [9.17, 15) is 0 Å². The summed E-state index contributed by atoms with van der Waals surface area (Å²) in [7, 11) is 0. The molecule has 1 aliphatic heterocycles. The molecule has 26 heavy (non-hydrogen) atoms. The fourth-order valence-corrected chi connectivity index (χ4v) is 3.44. The molecule has 2 nitrogen and oxygen atoms in total. The van der Waals surface area contributed by atoms with Gasteiger partial charge >= 0.3 is 0 Å². The Kier molecular flexibility index (Phi) is 4.82. The molecule has 0 aromatic heterocycles. The van der Waals surface area contributed by atoms with Crippen molar-refractivity contribution in [1.29, 1.82) is 0 Å². The highest BCUT2D eigenvalue weighted by Gasteiger charge is 2.25. The molecule has 3 aromatic rings. The largest absolute Gasteiger partial charge is 0.365 e. The third-order valence-corrected chi connectivity index (χ3v) is 5.07. The molecule has 0 saturated carbocycles. The molecule has 1 aliphatic rings. The summed E-state index contributed by atoms with van der Waals surface area (Å²) in [5.74, 6) is 0. The van der Waals surface area contributed by atoms with E-state index < -0.39 is 0 Å². The van der Waals surface area contributed by atoms with Gasteiger partial charge in [-0.15, -0.1) is 0 Å². The van der Waals surface area contributed by atoms with Crippen molar-refractivity contribution in [2.45, 2.75) is 0 Å². The van der Waals surface area contributed by atoms with Gasteiger partial charge in [0, 0.05) is 26.3 Å². The first-order chi connectivity index (χ1) is 12.6. The Hall–Kier alpha value is -2.13. The van der Waals surface area contributed by atoms with Crippen LogP contribution in [0.2, 0.25) is 15.1 Å². The lowest BCUT2D eigenvalue weighted by Crippen LogP contribution is -2.22. The number of nitrogens with zero attached hydrogens (tertiary/aromatic N) is 1. The Morgan fingerprint density at radius 3 is 1.62 bits per heavy atom. The number of benzene rings is 3. The average Bonchev–Trinajstić information content (AvgIpc) is 3.08. The lowest BCUT2D eigenvalue weighted by Gasteiger charge is -2.22. The molecule has 0 saturated heterocycles. The zero-order valence-corrected chi connectivity index (χ0v) is 16.0. The second kappa shape index (κ2) is 7.24. The number of rotatable bonds is 3. The SMILES string of the molecule is Clc1ccc(C2=C(c3ccc(Cl)cc3)N(c3ccc(Cl)cc3)CN2)cc1. The third kappa shape index (κ3) is 3.41. The van der Waals surface area contributed by atoms with Crippen LogP contribution >= 0.6 is 34.8 Å². The molecule has 1 heterocycles. The van der Waals surface area contributed by atoms with Crippen LogP contribution in [0.5, 0.6) is 0 Å². The van der Waals surface area contributed by atoms with Crippen LogP contribution in [0.4, 0.5) is 5.69 Å². The molecule has 0 radical (unpaired) electrons. The van der Waals surface area contributed by atoms with Crippen molar-refractivity contribution in [2.24, 2.45) is 0 Å². The summed E-state index contributed by atoms with van der Waals surface area (Å²) in [6, 6.07) is 23.5. The van der Waals surface area contributed by atoms with Crippen LogP contribution in [0, 0.1) is 0 Å². The van der Waals surface area contributed by atoms with Crippen molar-refractivity contribution in [2.75, 3.05) is 11.6 Å². The molecule has 0 spiro atoms. The summed E-state index contributed by atoms with van der Waals surface area (Å²) in [6.07, 6.45) is 0. The maximum absolute atomic E-state index is 6.09. The van der Waals surface area contributed by atoms with Gasteiger partial charge in [0.1, 0.15) is 0 Å². The smallest absolute Gasteiger partial charge is 0.0927 e. The van der Waals surface area contributed by atoms with E-state index in [1.165, 1.54) is 0 Å². The van der Waals surface area contributed by atoms with Crippen molar-refractivity contribution in [3.63, 3.8) is 0 Å². The van der Waals surface area contributed by atoms with E-state index >= 15 is 0 Å². The van der Waals surface area contributed by atoms with Crippen LogP contribution in [0.1, 0.15) is 11.1 Å². The fraction of sp³-hybridized carbons (Fsp3) is 0.0476. The lowest BCUT2D eigenvalue weighted by molar-refractivity contribution is 0.915. The predicted molar refractivity (Wildman–Crippen MR) is 112 cm³/mol. The monoisotopic (exact) mass is 400 g/mol. The average molecular weight is 402 g/mol. The molecular weight excluding hydrogens is 387 g/mol. The van der Waals surface area contributed by atoms with Crippen LogP contribution in [-0.4, -0.2) is 6.67 Å². The highest BCUT2D eigenvalue weighted by atomic mass is 35.5. The molecule has 5 heteroatoms. The standard InChI is InChI=1S/C21H15Cl3N2/c22-16-5-1-14(2-6-16)20-21(15-3-7-17(23)8-4-15)26(13-25-20)19-11-9-18(24)10-12-19/h1-12,25H,13H2. The minimum atomic E-state index is 0.664. The van der Waals surface area contributed by atoms with Gasteiger partial charge in [0.05, 0.1) is 18.1 Å². The molecular formula is C21H15Cl3N2. The normalized spacial score (nSPS) is 13.9. The van der Waals surface area contributed by atoms with Crippen LogP contribution in [-0.2, 0) is 0 Å². The van der Waals surface area contributed by atoms with Gasteiger partial charge in [-0.25, -0.2) is 0 Å². The first-order valence-corrected chi connectivity index (χ1v) is 9.28. The zero-order valence-electron chi connectivity index (χ0n) is 13.7. The maximum atomic E-state index is 6.09. The molecule has 0 aliphatic carbocycles. The lowest BCUT2D eigenvalue weighted by atomic mass is 10.0. The molecule has 0 atom stereocenters. The molecule has 0 fully saturated rings. The fourth-order valence-electron chi connectivity index (χ4n) is 3.06. The van der Waals surface area contributed by atoms with Crippen LogP contribution in [0.15, 0.2) is 72.8 Å². The van der Waals surface area contributed by atoms with E-state index in [1.807, 2.05) is 72.8 Å². The Labute approximate surface area is 167 Å². The zero-order chi connectivity index (χ0) is 18.1. The minimum Gasteiger partial charge on any atom is -0.365 e. The first kappa shape index (κ1) is 17.3. The summed E-state index contributed by atoms with van der Waals surface area (Å²) < 4.78 is 0. The van der Waals surface area contributed by atoms with Gasteiger partial charge < -0.3 is 10.2 Å². The van der Waals surface area contributed by atoms with E-state index in [1.54, 1.807) is 0 Å². The highest BCUT2D eigenvalue weighted by molar-refractivity contribution is 6.31. The van der Waals surface area contributed by atoms with E-state index in [0.717, 1.165) is 38.3 Å². The quantitative estimate of drug-likeness (QED) is 0.536. The van der Waals surface area contributed by atoms with Gasteiger partial charge in [-0.2, -0.15) is 0 Å². The maximum Gasteiger partial charge on any atom is 0.0927 e. The minimum absolute atomic E-state index is 0.664. The van der Waals surface area contributed by atoms with Gasteiger partial charge in [-0.05, 0) is 54.1 Å². The Bertz CT molecular complexity index is 946. The number of hydrogen-bond acceptors (Lipinski definition) is 2. The van der Waals surface area contributed by atoms with Crippen LogP contribution < -0.4 is 10.2 Å². The van der Waals surface area contributed by atoms with Crippen LogP contribution in [0.3, 0.4) is 0 Å². The second-order valence-corrected chi connectivity index (χ2v) is 7.29. The summed E-state index contributed by atoms with van der Waals surface area (Å²) >= 11 is 18.2. The summed E-state index contributed by atoms with van der Waals surface area (Å²) in [6.45, 7) is 0.664. The van der Waals surface area contributed by atoms with Crippen molar-refractivity contribution in [1.82, 2.24) is 5.32 Å². The van der Waals surface area contributed by atoms with E-state index in [4.69, 9.17) is 34.8 Å². The Morgan fingerprint density at radius 2 is 1.08 bits per heavy atom. The topological polar surface area (TPSA) is 15.3 Å². The number of anilines is 1. The van der Waals surface area contributed by atoms with Gasteiger partial charge in [0.2, 0.25) is 0 Å². The van der Waals surface area contributed by atoms with Gasteiger partial charge in [0.25, 0.3) is 0 Å². The third-order valence-electron chi connectivity index (χ3n) is 4.31. The number of nitrogens with one attached hydrogen (secondary N) is 1. The van der Waals surface area contributed by atoms with E-state index in [-0.39, 0.29) is 0 Å². The summed E-state index contributed by atoms with van der Waals surface area (Å²) in [5.41, 5.74) is 5.37. The Morgan fingerprint density at radius 1 is 0.615 bits per heavy atom. The summed E-state index contributed by atoms with van der Waals surface area (Å²) in [5, 5.41) is 5.67. The van der Waals surface area contributed by atoms with E-state index in [0.29, 0.717) is 11.7 Å². The number of halogens is 3. The van der Waals surface area contributed by atoms with Crippen LogP contribution in [0.25, 0.3) is 11.4 Å².